The summed E-state index contributed by atoms with van der Waals surface area (Å²) in [4.78, 5) is 23.7. The molecule has 1 aliphatic carbocycles. The van der Waals surface area contributed by atoms with Crippen LogP contribution in [-0.4, -0.2) is 28.2 Å². The molecule has 158 valence electrons. The van der Waals surface area contributed by atoms with E-state index in [4.69, 9.17) is 11.6 Å². The van der Waals surface area contributed by atoms with Crippen molar-refractivity contribution in [2.45, 2.75) is 35.8 Å². The molecule has 2 heterocycles. The van der Waals surface area contributed by atoms with Crippen molar-refractivity contribution in [1.29, 1.82) is 0 Å². The normalized spacial score (nSPS) is 15.5. The Morgan fingerprint density at radius 2 is 2.00 bits per heavy atom. The van der Waals surface area contributed by atoms with Crippen LogP contribution < -0.4 is 15.5 Å². The first kappa shape index (κ1) is 20.2. The zero-order valence-electron chi connectivity index (χ0n) is 17.1. The van der Waals surface area contributed by atoms with Crippen LogP contribution in [0.2, 0.25) is 5.02 Å². The summed E-state index contributed by atoms with van der Waals surface area (Å²) in [6.07, 6.45) is 5.84. The van der Waals surface area contributed by atoms with E-state index in [9.17, 15) is 4.79 Å². The maximum absolute atomic E-state index is 11.9. The maximum Gasteiger partial charge on any atom is 0.231 e. The third-order valence-corrected chi connectivity index (χ3v) is 7.33. The molecule has 31 heavy (non-hydrogen) atoms. The van der Waals surface area contributed by atoms with Crippen LogP contribution in [0, 0.1) is 0 Å². The summed E-state index contributed by atoms with van der Waals surface area (Å²) in [6.45, 7) is 0. The Hall–Kier alpha value is -2.77. The Morgan fingerprint density at radius 3 is 2.81 bits per heavy atom. The van der Waals surface area contributed by atoms with Crippen LogP contribution in [0.4, 0.5) is 28.8 Å². The first-order valence-corrected chi connectivity index (χ1v) is 11.5. The fourth-order valence-electron chi connectivity index (χ4n) is 3.66. The number of halogens is 1. The van der Waals surface area contributed by atoms with Crippen molar-refractivity contribution in [3.63, 3.8) is 0 Å². The van der Waals surface area contributed by atoms with Crippen molar-refractivity contribution in [2.75, 3.05) is 22.6 Å². The van der Waals surface area contributed by atoms with E-state index in [2.05, 4.69) is 32.7 Å². The lowest BCUT2D eigenvalue weighted by Gasteiger charge is -2.25. The van der Waals surface area contributed by atoms with Gasteiger partial charge in [-0.3, -0.25) is 4.79 Å². The highest BCUT2D eigenvalue weighted by atomic mass is 35.5. The fourth-order valence-corrected chi connectivity index (χ4v) is 5.13. The molecule has 1 fully saturated rings. The average molecular weight is 452 g/mol. The van der Waals surface area contributed by atoms with Gasteiger partial charge >= 0.3 is 0 Å². The van der Waals surface area contributed by atoms with E-state index in [-0.39, 0.29) is 5.91 Å². The number of likely N-dealkylation sites (N-methyl/N-ethyl adjacent to an activating group) is 1. The van der Waals surface area contributed by atoms with E-state index in [0.29, 0.717) is 28.5 Å². The minimum atomic E-state index is 0.0971. The highest BCUT2D eigenvalue weighted by molar-refractivity contribution is 8.00. The monoisotopic (exact) mass is 451 g/mol. The molecule has 2 N–H and O–H groups in total. The molecule has 0 radical (unpaired) electrons. The van der Waals surface area contributed by atoms with Gasteiger partial charge in [0, 0.05) is 28.6 Å². The smallest absolute Gasteiger partial charge is 0.231 e. The Morgan fingerprint density at radius 1 is 1.16 bits per heavy atom. The zero-order chi connectivity index (χ0) is 21.4. The number of anilines is 5. The van der Waals surface area contributed by atoms with E-state index >= 15 is 0 Å². The van der Waals surface area contributed by atoms with Crippen molar-refractivity contribution in [2.24, 2.45) is 0 Å². The van der Waals surface area contributed by atoms with Crippen LogP contribution in [0.3, 0.4) is 0 Å². The van der Waals surface area contributed by atoms with E-state index in [1.165, 1.54) is 24.2 Å². The van der Waals surface area contributed by atoms with Gasteiger partial charge in [0.2, 0.25) is 11.9 Å². The molecule has 0 unspecified atom stereocenters. The van der Waals surface area contributed by atoms with Gasteiger partial charge in [-0.05, 0) is 48.7 Å². The van der Waals surface area contributed by atoms with Gasteiger partial charge in [-0.25, -0.2) is 4.98 Å². The number of nitrogens with zero attached hydrogens (tertiary/aromatic N) is 3. The summed E-state index contributed by atoms with van der Waals surface area (Å²) in [5.74, 6) is 1.09. The molecule has 0 spiro atoms. The number of hydrogen-bond acceptors (Lipinski definition) is 6. The number of hydrogen-bond donors (Lipinski definition) is 2. The number of benzene rings is 2. The predicted molar refractivity (Wildman–Crippen MR) is 127 cm³/mol. The molecule has 1 saturated carbocycles. The van der Waals surface area contributed by atoms with E-state index in [0.717, 1.165) is 22.6 Å². The lowest BCUT2D eigenvalue weighted by molar-refractivity contribution is -0.117. The molecule has 1 aromatic heterocycles. The molecule has 2 aliphatic rings. The molecule has 0 bridgehead atoms. The topological polar surface area (TPSA) is 70.2 Å². The van der Waals surface area contributed by atoms with Crippen LogP contribution >= 0.6 is 23.4 Å². The minimum absolute atomic E-state index is 0.0971. The summed E-state index contributed by atoms with van der Waals surface area (Å²) in [5, 5.41) is 7.75. The van der Waals surface area contributed by atoms with Crippen molar-refractivity contribution in [1.82, 2.24) is 9.97 Å². The van der Waals surface area contributed by atoms with E-state index in [1.54, 1.807) is 18.1 Å². The van der Waals surface area contributed by atoms with Crippen LogP contribution in [0.25, 0.3) is 0 Å². The number of thioether (sulfide) groups is 1. The Labute approximate surface area is 190 Å². The Kier molecular flexibility index (Phi) is 5.46. The third-order valence-electron chi connectivity index (χ3n) is 5.64. The Balaban J connectivity index is 1.36. The molecular formula is C23H22ClN5OS. The predicted octanol–water partition coefficient (Wildman–Crippen LogP) is 5.78. The average Bonchev–Trinajstić information content (AvgIpc) is 3.01. The van der Waals surface area contributed by atoms with Crippen LogP contribution in [-0.2, 0) is 11.2 Å². The quantitative estimate of drug-likeness (QED) is 0.495. The number of amides is 1. The van der Waals surface area contributed by atoms with Crippen LogP contribution in [0.1, 0.15) is 24.8 Å². The molecular weight excluding hydrogens is 430 g/mol. The second-order valence-electron chi connectivity index (χ2n) is 7.78. The largest absolute Gasteiger partial charge is 0.338 e. The Bertz CT molecular complexity index is 1150. The first-order chi connectivity index (χ1) is 15.1. The van der Waals surface area contributed by atoms with Crippen molar-refractivity contribution < 1.29 is 4.79 Å². The van der Waals surface area contributed by atoms with Crippen molar-refractivity contribution >= 4 is 58.1 Å². The highest BCUT2D eigenvalue weighted by Gasteiger charge is 2.24. The van der Waals surface area contributed by atoms with E-state index < -0.39 is 0 Å². The molecule has 5 rings (SSSR count). The molecule has 6 nitrogen and oxygen atoms in total. The number of aromatic nitrogens is 2. The summed E-state index contributed by atoms with van der Waals surface area (Å²) in [7, 11) is 1.79. The van der Waals surface area contributed by atoms with Gasteiger partial charge in [-0.1, -0.05) is 30.2 Å². The minimum Gasteiger partial charge on any atom is -0.338 e. The zero-order valence-corrected chi connectivity index (χ0v) is 18.6. The molecule has 2 aromatic carbocycles. The van der Waals surface area contributed by atoms with E-state index in [1.807, 2.05) is 42.1 Å². The van der Waals surface area contributed by atoms with Crippen molar-refractivity contribution in [3.8, 4) is 0 Å². The second-order valence-corrected chi connectivity index (χ2v) is 9.53. The summed E-state index contributed by atoms with van der Waals surface area (Å²) in [6, 6.07) is 14.0. The van der Waals surface area contributed by atoms with Gasteiger partial charge in [0.15, 0.2) is 5.82 Å². The van der Waals surface area contributed by atoms with Gasteiger partial charge in [0.25, 0.3) is 0 Å². The fraction of sp³-hybridized carbons (Fsp3) is 0.261. The number of rotatable bonds is 6. The number of nitrogens with one attached hydrogen (secondary N) is 2. The van der Waals surface area contributed by atoms with Crippen molar-refractivity contribution in [3.05, 3.63) is 59.2 Å². The summed E-state index contributed by atoms with van der Waals surface area (Å²) >= 11 is 8.29. The van der Waals surface area contributed by atoms with Gasteiger partial charge in [0.1, 0.15) is 5.02 Å². The third kappa shape index (κ3) is 4.20. The molecule has 0 atom stereocenters. The van der Waals surface area contributed by atoms with Gasteiger partial charge in [0.05, 0.1) is 18.3 Å². The first-order valence-electron chi connectivity index (χ1n) is 10.3. The molecule has 0 saturated heterocycles. The molecule has 3 aromatic rings. The summed E-state index contributed by atoms with van der Waals surface area (Å²) in [5.41, 5.74) is 3.75. The maximum atomic E-state index is 11.9. The number of para-hydroxylation sites is 1. The summed E-state index contributed by atoms with van der Waals surface area (Å²) < 4.78 is 0. The standard InChI is InChI=1S/C23H22ClN5OS/c1-29-19-10-9-15(11-14(19)12-21(29)30)26-23-25-13-17(24)22(28-23)27-18-7-2-3-8-20(18)31-16-5-4-6-16/h2-3,7-11,13,16H,4-6,12H2,1H3,(H2,25,26,27,28). The van der Waals surface area contributed by atoms with Crippen LogP contribution in [0.15, 0.2) is 53.6 Å². The lowest BCUT2D eigenvalue weighted by atomic mass is 10.00. The van der Waals surface area contributed by atoms with Gasteiger partial charge < -0.3 is 15.5 Å². The highest BCUT2D eigenvalue weighted by Crippen LogP contribution is 2.40. The molecule has 1 aliphatic heterocycles. The molecule has 8 heteroatoms. The van der Waals surface area contributed by atoms with Gasteiger partial charge in [-0.15, -0.1) is 11.8 Å². The number of fused-ring (bicyclic) bond motifs is 1. The second kappa shape index (κ2) is 8.40. The molecule has 1 amide bonds. The number of carbonyl (C=O) groups excluding carboxylic acids is 1. The SMILES string of the molecule is CN1C(=O)Cc2cc(Nc3ncc(Cl)c(Nc4ccccc4SC4CCC4)n3)ccc21. The number of carbonyl (C=O) groups is 1. The van der Waals surface area contributed by atoms with Crippen LogP contribution in [0.5, 0.6) is 0 Å². The lowest BCUT2D eigenvalue weighted by Crippen LogP contribution is -2.20. The van der Waals surface area contributed by atoms with Gasteiger partial charge in [-0.2, -0.15) is 4.98 Å².